The average molecular weight is 452 g/mol. The van der Waals surface area contributed by atoms with Gasteiger partial charge in [-0.25, -0.2) is 8.42 Å². The lowest BCUT2D eigenvalue weighted by molar-refractivity contribution is -0.122. The van der Waals surface area contributed by atoms with E-state index in [9.17, 15) is 18.0 Å². The second-order valence-corrected chi connectivity index (χ2v) is 8.16. The van der Waals surface area contributed by atoms with E-state index in [1.165, 1.54) is 25.1 Å². The summed E-state index contributed by atoms with van der Waals surface area (Å²) >= 11 is 3.30. The van der Waals surface area contributed by atoms with Crippen molar-refractivity contribution >= 4 is 43.8 Å². The van der Waals surface area contributed by atoms with Crippen molar-refractivity contribution in [2.24, 2.45) is 0 Å². The van der Waals surface area contributed by atoms with Crippen LogP contribution in [0.5, 0.6) is 0 Å². The minimum absolute atomic E-state index is 0.00313. The van der Waals surface area contributed by atoms with Crippen LogP contribution in [0.25, 0.3) is 6.08 Å². The van der Waals surface area contributed by atoms with Gasteiger partial charge in [-0.1, -0.05) is 46.3 Å². The molecule has 0 aliphatic rings. The molecule has 2 aromatic rings. The van der Waals surface area contributed by atoms with Gasteiger partial charge in [0, 0.05) is 11.4 Å². The molecule has 0 bridgehead atoms. The molecular weight excluding hydrogens is 434 g/mol. The summed E-state index contributed by atoms with van der Waals surface area (Å²) in [6.45, 7) is 3.00. The Bertz CT molecular complexity index is 989. The molecular formula is C18H18BrN3O4S. The summed E-state index contributed by atoms with van der Waals surface area (Å²) in [5, 5.41) is 2.39. The molecule has 0 heterocycles. The van der Waals surface area contributed by atoms with Crippen LogP contribution in [0.15, 0.2) is 63.6 Å². The molecule has 0 radical (unpaired) electrons. The maximum Gasteiger partial charge on any atom is 0.282 e. The van der Waals surface area contributed by atoms with Crippen LogP contribution in [0.2, 0.25) is 0 Å². The summed E-state index contributed by atoms with van der Waals surface area (Å²) in [5.41, 5.74) is 3.41. The number of hydrazine groups is 1. The number of benzene rings is 2. The summed E-state index contributed by atoms with van der Waals surface area (Å²) in [6, 6.07) is 13.3. The number of hydrogen-bond donors (Lipinski definition) is 3. The SMILES string of the molecule is CC(=O)N/C(=C\c1ccccc1)C(=O)NNS(=O)(=O)c1ccc(Br)c(C)c1. The Hall–Kier alpha value is -2.49. The number of carbonyl (C=O) groups is 2. The molecule has 142 valence electrons. The predicted molar refractivity (Wildman–Crippen MR) is 106 cm³/mol. The van der Waals surface area contributed by atoms with Gasteiger partial charge < -0.3 is 5.32 Å². The average Bonchev–Trinajstić information content (AvgIpc) is 2.62. The monoisotopic (exact) mass is 451 g/mol. The molecule has 9 heteroatoms. The van der Waals surface area contributed by atoms with Gasteiger partial charge in [0.25, 0.3) is 15.9 Å². The summed E-state index contributed by atoms with van der Waals surface area (Å²) in [6.07, 6.45) is 1.44. The summed E-state index contributed by atoms with van der Waals surface area (Å²) in [5.74, 6) is -1.26. The van der Waals surface area contributed by atoms with Gasteiger partial charge in [0.1, 0.15) is 5.70 Å². The fourth-order valence-corrected chi connectivity index (χ4v) is 3.26. The molecule has 0 unspecified atom stereocenters. The Labute approximate surface area is 166 Å². The standard InChI is InChI=1S/C18H18BrN3O4S/c1-12-10-15(8-9-16(12)19)27(25,26)22-21-18(24)17(20-13(2)23)11-14-6-4-3-5-7-14/h3-11,22H,1-2H3,(H,20,23)(H,21,24)/b17-11-. The quantitative estimate of drug-likeness (QED) is 0.462. The van der Waals surface area contributed by atoms with Gasteiger partial charge in [0.15, 0.2) is 0 Å². The number of aryl methyl sites for hydroxylation is 1. The molecule has 0 atom stereocenters. The van der Waals surface area contributed by atoms with Crippen molar-refractivity contribution in [3.05, 3.63) is 69.8 Å². The molecule has 0 aliphatic heterocycles. The molecule has 0 saturated carbocycles. The van der Waals surface area contributed by atoms with Crippen molar-refractivity contribution in [2.75, 3.05) is 0 Å². The molecule has 2 amide bonds. The van der Waals surface area contributed by atoms with Crippen molar-refractivity contribution in [1.29, 1.82) is 0 Å². The van der Waals surface area contributed by atoms with E-state index in [4.69, 9.17) is 0 Å². The second kappa shape index (κ2) is 8.94. The Morgan fingerprint density at radius 2 is 1.74 bits per heavy atom. The predicted octanol–water partition coefficient (Wildman–Crippen LogP) is 2.24. The summed E-state index contributed by atoms with van der Waals surface area (Å²) < 4.78 is 25.5. The van der Waals surface area contributed by atoms with Gasteiger partial charge in [-0.3, -0.25) is 15.0 Å². The number of hydrogen-bond acceptors (Lipinski definition) is 4. The molecule has 7 nitrogen and oxygen atoms in total. The summed E-state index contributed by atoms with van der Waals surface area (Å²) in [4.78, 5) is 25.7. The van der Waals surface area contributed by atoms with Gasteiger partial charge >= 0.3 is 0 Å². The molecule has 0 spiro atoms. The zero-order chi connectivity index (χ0) is 20.0. The van der Waals surface area contributed by atoms with Gasteiger partial charge in [-0.05, 0) is 42.3 Å². The first kappa shape index (κ1) is 20.8. The largest absolute Gasteiger partial charge is 0.322 e. The van der Waals surface area contributed by atoms with Crippen LogP contribution in [0, 0.1) is 6.92 Å². The van der Waals surface area contributed by atoms with Crippen molar-refractivity contribution < 1.29 is 18.0 Å². The van der Waals surface area contributed by atoms with Gasteiger partial charge in [0.2, 0.25) is 5.91 Å². The smallest absolute Gasteiger partial charge is 0.282 e. The molecule has 0 fully saturated rings. The third-order valence-corrected chi connectivity index (χ3v) is 5.54. The maximum atomic E-state index is 12.4. The van der Waals surface area contributed by atoms with E-state index in [-0.39, 0.29) is 10.6 Å². The molecule has 2 aromatic carbocycles. The minimum Gasteiger partial charge on any atom is -0.322 e. The highest BCUT2D eigenvalue weighted by Gasteiger charge is 2.18. The fourth-order valence-electron chi connectivity index (χ4n) is 2.09. The highest BCUT2D eigenvalue weighted by Crippen LogP contribution is 2.19. The molecule has 0 aliphatic carbocycles. The molecule has 0 aromatic heterocycles. The number of rotatable bonds is 6. The van der Waals surface area contributed by atoms with Gasteiger partial charge in [0.05, 0.1) is 4.90 Å². The first-order chi connectivity index (χ1) is 12.7. The van der Waals surface area contributed by atoms with Crippen molar-refractivity contribution in [1.82, 2.24) is 15.6 Å². The minimum atomic E-state index is -3.97. The first-order valence-electron chi connectivity index (χ1n) is 7.81. The molecule has 27 heavy (non-hydrogen) atoms. The molecule has 0 saturated heterocycles. The van der Waals surface area contributed by atoms with Crippen LogP contribution in [0.1, 0.15) is 18.1 Å². The number of carbonyl (C=O) groups excluding carboxylic acids is 2. The first-order valence-corrected chi connectivity index (χ1v) is 10.1. The number of sulfonamides is 1. The van der Waals surface area contributed by atoms with E-state index in [1.54, 1.807) is 37.3 Å². The normalized spacial score (nSPS) is 11.7. The van der Waals surface area contributed by atoms with E-state index in [0.29, 0.717) is 5.56 Å². The summed E-state index contributed by atoms with van der Waals surface area (Å²) in [7, 11) is -3.97. The Morgan fingerprint density at radius 3 is 2.33 bits per heavy atom. The topological polar surface area (TPSA) is 104 Å². The van der Waals surface area contributed by atoms with E-state index < -0.39 is 21.8 Å². The van der Waals surface area contributed by atoms with Gasteiger partial charge in [-0.15, -0.1) is 4.83 Å². The lowest BCUT2D eigenvalue weighted by Crippen LogP contribution is -2.44. The van der Waals surface area contributed by atoms with Crippen LogP contribution < -0.4 is 15.6 Å². The number of amides is 2. The highest BCUT2D eigenvalue weighted by atomic mass is 79.9. The van der Waals surface area contributed by atoms with E-state index in [0.717, 1.165) is 10.0 Å². The third kappa shape index (κ3) is 6.02. The van der Waals surface area contributed by atoms with Crippen LogP contribution in [0.3, 0.4) is 0 Å². The van der Waals surface area contributed by atoms with Crippen LogP contribution >= 0.6 is 15.9 Å². The second-order valence-electron chi connectivity index (χ2n) is 5.62. The van der Waals surface area contributed by atoms with Gasteiger partial charge in [-0.2, -0.15) is 0 Å². The molecule has 2 rings (SSSR count). The van der Waals surface area contributed by atoms with Crippen molar-refractivity contribution in [3.63, 3.8) is 0 Å². The Balaban J connectivity index is 2.18. The fraction of sp³-hybridized carbons (Fsp3) is 0.111. The van der Waals surface area contributed by atoms with E-state index >= 15 is 0 Å². The lowest BCUT2D eigenvalue weighted by Gasteiger charge is -2.12. The van der Waals surface area contributed by atoms with E-state index in [2.05, 4.69) is 26.7 Å². The maximum absolute atomic E-state index is 12.4. The zero-order valence-corrected chi connectivity index (χ0v) is 17.0. The van der Waals surface area contributed by atoms with Crippen molar-refractivity contribution in [3.8, 4) is 0 Å². The van der Waals surface area contributed by atoms with Crippen LogP contribution in [0.4, 0.5) is 0 Å². The van der Waals surface area contributed by atoms with Crippen LogP contribution in [-0.2, 0) is 19.6 Å². The number of nitrogens with one attached hydrogen (secondary N) is 3. The number of halogens is 1. The van der Waals surface area contributed by atoms with E-state index in [1.807, 2.05) is 10.9 Å². The molecule has 3 N–H and O–H groups in total. The van der Waals surface area contributed by atoms with Crippen LogP contribution in [-0.4, -0.2) is 20.2 Å². The van der Waals surface area contributed by atoms with Crippen molar-refractivity contribution in [2.45, 2.75) is 18.7 Å². The lowest BCUT2D eigenvalue weighted by atomic mass is 10.2. The third-order valence-electron chi connectivity index (χ3n) is 3.40. The zero-order valence-electron chi connectivity index (χ0n) is 14.6. The highest BCUT2D eigenvalue weighted by molar-refractivity contribution is 9.10. The Kier molecular flexibility index (Phi) is 6.89. The Morgan fingerprint density at radius 1 is 1.07 bits per heavy atom.